The minimum atomic E-state index is -0.306. The van der Waals surface area contributed by atoms with Gasteiger partial charge in [-0.1, -0.05) is 36.1 Å². The second-order valence-electron chi connectivity index (χ2n) is 4.20. The lowest BCUT2D eigenvalue weighted by Crippen LogP contribution is -2.37. The van der Waals surface area contributed by atoms with Gasteiger partial charge in [-0.2, -0.15) is 0 Å². The number of thioether (sulfide) groups is 1. The van der Waals surface area contributed by atoms with Gasteiger partial charge in [-0.15, -0.1) is 0 Å². The van der Waals surface area contributed by atoms with E-state index in [-0.39, 0.29) is 23.6 Å². The molecular weight excluding hydrogens is 296 g/mol. The number of ether oxygens (including phenoxy) is 1. The summed E-state index contributed by atoms with van der Waals surface area (Å²) in [4.78, 5) is 25.2. The van der Waals surface area contributed by atoms with Crippen molar-refractivity contribution in [2.24, 2.45) is 0 Å². The van der Waals surface area contributed by atoms with Crippen molar-refractivity contribution in [1.82, 2.24) is 4.90 Å². The van der Waals surface area contributed by atoms with E-state index in [1.54, 1.807) is 25.1 Å². The van der Waals surface area contributed by atoms with Gasteiger partial charge in [-0.05, 0) is 19.1 Å². The molecule has 0 aliphatic carbocycles. The third-order valence-electron chi connectivity index (χ3n) is 2.79. The third kappa shape index (κ3) is 3.10. The molecule has 0 radical (unpaired) electrons. The van der Waals surface area contributed by atoms with Crippen molar-refractivity contribution in [2.75, 3.05) is 19.0 Å². The van der Waals surface area contributed by atoms with E-state index in [0.29, 0.717) is 15.8 Å². The molecule has 1 saturated heterocycles. The van der Waals surface area contributed by atoms with Gasteiger partial charge < -0.3 is 10.1 Å². The number of methoxy groups -OCH3 is 1. The van der Waals surface area contributed by atoms with Crippen LogP contribution in [0.1, 0.15) is 6.92 Å². The molecule has 106 valence electrons. The maximum atomic E-state index is 12.0. The second-order valence-corrected chi connectivity index (χ2v) is 6.17. The Morgan fingerprint density at radius 1 is 1.50 bits per heavy atom. The molecule has 1 heterocycles. The van der Waals surface area contributed by atoms with Gasteiger partial charge in [0.15, 0.2) is 0 Å². The molecule has 7 heteroatoms. The topological polar surface area (TPSA) is 58.6 Å². The lowest BCUT2D eigenvalue weighted by Gasteiger charge is -2.15. The quantitative estimate of drug-likeness (QED) is 0.861. The Morgan fingerprint density at radius 2 is 2.20 bits per heavy atom. The number of benzene rings is 1. The third-order valence-corrected chi connectivity index (χ3v) is 4.28. The Balaban J connectivity index is 2.03. The summed E-state index contributed by atoms with van der Waals surface area (Å²) in [6.45, 7) is 1.70. The van der Waals surface area contributed by atoms with E-state index in [0.717, 1.165) is 0 Å². The van der Waals surface area contributed by atoms with Crippen LogP contribution in [0.2, 0.25) is 0 Å². The summed E-state index contributed by atoms with van der Waals surface area (Å²) in [5.41, 5.74) is 0.568. The van der Waals surface area contributed by atoms with Gasteiger partial charge in [0.1, 0.15) is 16.6 Å². The number of thiocarbonyl (C=S) groups is 1. The van der Waals surface area contributed by atoms with Crippen LogP contribution in [0, 0.1) is 0 Å². The number of amides is 2. The monoisotopic (exact) mass is 310 g/mol. The average molecular weight is 310 g/mol. The number of anilines is 1. The minimum absolute atomic E-state index is 0.0763. The molecule has 0 saturated carbocycles. The summed E-state index contributed by atoms with van der Waals surface area (Å²) in [7, 11) is 1.53. The van der Waals surface area contributed by atoms with E-state index >= 15 is 0 Å². The predicted octanol–water partition coefficient (Wildman–Crippen LogP) is 1.88. The lowest BCUT2D eigenvalue weighted by molar-refractivity contribution is -0.129. The molecule has 1 atom stereocenters. The van der Waals surface area contributed by atoms with E-state index in [4.69, 9.17) is 17.0 Å². The zero-order chi connectivity index (χ0) is 14.7. The number of hydrogen-bond acceptors (Lipinski definition) is 5. The number of nitrogens with zero attached hydrogens (tertiary/aromatic N) is 1. The van der Waals surface area contributed by atoms with Crippen molar-refractivity contribution in [1.29, 1.82) is 0 Å². The molecule has 1 N–H and O–H groups in total. The van der Waals surface area contributed by atoms with Crippen LogP contribution in [0.25, 0.3) is 0 Å². The summed E-state index contributed by atoms with van der Waals surface area (Å²) in [6.07, 6.45) is 0. The van der Waals surface area contributed by atoms with Crippen LogP contribution in [-0.2, 0) is 9.59 Å². The highest BCUT2D eigenvalue weighted by Gasteiger charge is 2.34. The molecule has 0 spiro atoms. The second kappa shape index (κ2) is 6.23. The molecule has 1 aromatic carbocycles. The molecule has 0 aromatic heterocycles. The fraction of sp³-hybridized carbons (Fsp3) is 0.308. The summed E-state index contributed by atoms with van der Waals surface area (Å²) in [5, 5.41) is 2.50. The Labute approximate surface area is 126 Å². The summed E-state index contributed by atoms with van der Waals surface area (Å²) < 4.78 is 5.59. The van der Waals surface area contributed by atoms with E-state index in [9.17, 15) is 9.59 Å². The van der Waals surface area contributed by atoms with Crippen molar-refractivity contribution in [3.63, 3.8) is 0 Å². The van der Waals surface area contributed by atoms with Gasteiger partial charge >= 0.3 is 0 Å². The fourth-order valence-corrected chi connectivity index (χ4v) is 3.20. The van der Waals surface area contributed by atoms with Crippen molar-refractivity contribution >= 4 is 45.8 Å². The van der Waals surface area contributed by atoms with Crippen molar-refractivity contribution in [3.05, 3.63) is 24.3 Å². The maximum Gasteiger partial charge on any atom is 0.244 e. The molecule has 2 amide bonds. The standard InChI is InChI=1S/C13H14N2O3S2/c1-8-12(17)15(13(19)20-8)7-11(16)14-9-5-3-4-6-10(9)18-2/h3-6,8H,7H2,1-2H3,(H,14,16). The SMILES string of the molecule is COc1ccccc1NC(=O)CN1C(=O)C(C)SC1=S. The van der Waals surface area contributed by atoms with Crippen LogP contribution in [0.15, 0.2) is 24.3 Å². The van der Waals surface area contributed by atoms with Crippen LogP contribution in [0.5, 0.6) is 5.75 Å². The molecule has 1 aromatic rings. The Kier molecular flexibility index (Phi) is 4.61. The fourth-order valence-electron chi connectivity index (χ4n) is 1.80. The molecule has 20 heavy (non-hydrogen) atoms. The summed E-state index contributed by atoms with van der Waals surface area (Å²) >= 11 is 6.39. The van der Waals surface area contributed by atoms with E-state index in [1.165, 1.54) is 23.8 Å². The molecule has 1 unspecified atom stereocenters. The van der Waals surface area contributed by atoms with Crippen LogP contribution in [0.3, 0.4) is 0 Å². The first-order valence-corrected chi connectivity index (χ1v) is 7.26. The lowest BCUT2D eigenvalue weighted by atomic mass is 10.3. The van der Waals surface area contributed by atoms with Crippen molar-refractivity contribution in [3.8, 4) is 5.75 Å². The van der Waals surface area contributed by atoms with Gasteiger partial charge in [0, 0.05) is 0 Å². The highest BCUT2D eigenvalue weighted by Crippen LogP contribution is 2.27. The van der Waals surface area contributed by atoms with Gasteiger partial charge in [0.2, 0.25) is 11.8 Å². The first-order chi connectivity index (χ1) is 9.52. The van der Waals surface area contributed by atoms with Crippen LogP contribution < -0.4 is 10.1 Å². The van der Waals surface area contributed by atoms with Crippen LogP contribution in [-0.4, -0.2) is 39.9 Å². The largest absolute Gasteiger partial charge is 0.495 e. The Bertz CT molecular complexity index is 562. The van der Waals surface area contributed by atoms with Crippen molar-refractivity contribution < 1.29 is 14.3 Å². The highest BCUT2D eigenvalue weighted by molar-refractivity contribution is 8.24. The molecule has 1 aliphatic heterocycles. The molecule has 1 fully saturated rings. The van der Waals surface area contributed by atoms with E-state index in [1.807, 2.05) is 6.07 Å². The number of rotatable bonds is 4. The zero-order valence-electron chi connectivity index (χ0n) is 11.1. The van der Waals surface area contributed by atoms with Crippen LogP contribution in [0.4, 0.5) is 5.69 Å². The van der Waals surface area contributed by atoms with Crippen LogP contribution >= 0.6 is 24.0 Å². The Morgan fingerprint density at radius 3 is 2.80 bits per heavy atom. The Hall–Kier alpha value is -1.60. The normalized spacial score (nSPS) is 18.3. The van der Waals surface area contributed by atoms with Gasteiger partial charge in [0.25, 0.3) is 0 Å². The van der Waals surface area contributed by atoms with Crippen molar-refractivity contribution in [2.45, 2.75) is 12.2 Å². The molecular formula is C13H14N2O3S2. The number of para-hydroxylation sites is 2. The smallest absolute Gasteiger partial charge is 0.244 e. The molecule has 2 rings (SSSR count). The predicted molar refractivity (Wildman–Crippen MR) is 83.0 cm³/mol. The van der Waals surface area contributed by atoms with E-state index in [2.05, 4.69) is 5.32 Å². The molecule has 5 nitrogen and oxygen atoms in total. The minimum Gasteiger partial charge on any atom is -0.495 e. The number of carbonyl (C=O) groups is 2. The number of carbonyl (C=O) groups excluding carboxylic acids is 2. The van der Waals surface area contributed by atoms with Gasteiger partial charge in [-0.3, -0.25) is 14.5 Å². The highest BCUT2D eigenvalue weighted by atomic mass is 32.2. The first-order valence-electron chi connectivity index (χ1n) is 5.97. The first kappa shape index (κ1) is 14.8. The van der Waals surface area contributed by atoms with Gasteiger partial charge in [0.05, 0.1) is 18.0 Å². The summed E-state index contributed by atoms with van der Waals surface area (Å²) in [6, 6.07) is 7.09. The van der Waals surface area contributed by atoms with E-state index < -0.39 is 0 Å². The molecule has 0 bridgehead atoms. The zero-order valence-corrected chi connectivity index (χ0v) is 12.7. The molecule has 1 aliphatic rings. The van der Waals surface area contributed by atoms with Gasteiger partial charge in [-0.25, -0.2) is 0 Å². The number of hydrogen-bond donors (Lipinski definition) is 1. The maximum absolute atomic E-state index is 12.0. The number of nitrogens with one attached hydrogen (secondary N) is 1. The summed E-state index contributed by atoms with van der Waals surface area (Å²) in [5.74, 6) is 0.133. The average Bonchev–Trinajstić information content (AvgIpc) is 2.66.